The van der Waals surface area contributed by atoms with E-state index in [0.717, 1.165) is 62.5 Å². The van der Waals surface area contributed by atoms with E-state index in [1.165, 1.54) is 0 Å². The first-order valence-corrected chi connectivity index (χ1v) is 9.20. The number of rotatable bonds is 3. The third-order valence-corrected chi connectivity index (χ3v) is 5.15. The molecule has 0 spiro atoms. The van der Waals surface area contributed by atoms with Crippen molar-refractivity contribution in [1.29, 1.82) is 0 Å². The summed E-state index contributed by atoms with van der Waals surface area (Å²) in [6.45, 7) is 1.97. The Labute approximate surface area is 167 Å². The molecule has 0 bridgehead atoms. The van der Waals surface area contributed by atoms with Gasteiger partial charge in [0.1, 0.15) is 28.8 Å². The fourth-order valence-electron chi connectivity index (χ4n) is 3.77. The second-order valence-electron chi connectivity index (χ2n) is 6.73. The molecule has 1 aliphatic rings. The Morgan fingerprint density at radius 2 is 1.83 bits per heavy atom. The van der Waals surface area contributed by atoms with Gasteiger partial charge in [0.2, 0.25) is 0 Å². The Balaban J connectivity index is 1.78. The Kier molecular flexibility index (Phi) is 3.94. The Morgan fingerprint density at radius 1 is 0.931 bits per heavy atom. The molecule has 0 saturated heterocycles. The van der Waals surface area contributed by atoms with Gasteiger partial charge in [0.15, 0.2) is 0 Å². The molecule has 4 aromatic rings. The van der Waals surface area contributed by atoms with Gasteiger partial charge in [-0.15, -0.1) is 0 Å². The van der Waals surface area contributed by atoms with Crippen LogP contribution in [0.2, 0.25) is 0 Å². The smallest absolute Gasteiger partial charge is 0.142 e. The highest BCUT2D eigenvalue weighted by Gasteiger charge is 2.25. The minimum atomic E-state index is 0.720. The Morgan fingerprint density at radius 3 is 2.66 bits per heavy atom. The van der Waals surface area contributed by atoms with E-state index in [4.69, 9.17) is 14.5 Å². The number of ether oxygens (including phenoxy) is 2. The molecule has 0 saturated carbocycles. The number of methoxy groups -OCH3 is 2. The van der Waals surface area contributed by atoms with E-state index in [-0.39, 0.29) is 0 Å². The van der Waals surface area contributed by atoms with Gasteiger partial charge in [-0.05, 0) is 37.3 Å². The predicted molar refractivity (Wildman–Crippen MR) is 112 cm³/mol. The van der Waals surface area contributed by atoms with Gasteiger partial charge in [-0.1, -0.05) is 0 Å². The number of hydrogen-bond donors (Lipinski definition) is 2. The number of aromatic nitrogens is 4. The van der Waals surface area contributed by atoms with Crippen LogP contribution >= 0.6 is 0 Å². The highest BCUT2D eigenvalue weighted by molar-refractivity contribution is 5.95. The number of anilines is 2. The summed E-state index contributed by atoms with van der Waals surface area (Å²) in [5, 5.41) is 3.37. The first-order valence-electron chi connectivity index (χ1n) is 9.20. The molecular formula is C22H19N5O2. The maximum absolute atomic E-state index is 5.69. The van der Waals surface area contributed by atoms with Gasteiger partial charge in [-0.2, -0.15) is 0 Å². The van der Waals surface area contributed by atoms with E-state index in [9.17, 15) is 0 Å². The highest BCUT2D eigenvalue weighted by Crippen LogP contribution is 2.44. The molecular weight excluding hydrogens is 366 g/mol. The summed E-state index contributed by atoms with van der Waals surface area (Å²) in [5.41, 5.74) is 6.31. The van der Waals surface area contributed by atoms with E-state index < -0.39 is 0 Å². The molecule has 3 aromatic heterocycles. The Hall–Kier alpha value is -3.87. The topological polar surface area (TPSA) is 85.0 Å². The van der Waals surface area contributed by atoms with Crippen molar-refractivity contribution in [2.75, 3.05) is 19.5 Å². The lowest BCUT2D eigenvalue weighted by molar-refractivity contribution is 0.389. The predicted octanol–water partition coefficient (Wildman–Crippen LogP) is 4.58. The summed E-state index contributed by atoms with van der Waals surface area (Å²) in [5.74, 6) is 2.97. The van der Waals surface area contributed by atoms with Gasteiger partial charge in [0, 0.05) is 29.1 Å². The van der Waals surface area contributed by atoms with Crippen molar-refractivity contribution in [3.05, 3.63) is 54.5 Å². The number of hydrogen-bond acceptors (Lipinski definition) is 6. The lowest BCUT2D eigenvalue weighted by Gasteiger charge is -2.13. The van der Waals surface area contributed by atoms with Crippen molar-refractivity contribution in [1.82, 2.24) is 19.9 Å². The highest BCUT2D eigenvalue weighted by atomic mass is 16.5. The summed E-state index contributed by atoms with van der Waals surface area (Å²) in [7, 11) is 3.31. The number of imidazole rings is 1. The fourth-order valence-corrected chi connectivity index (χ4v) is 3.77. The van der Waals surface area contributed by atoms with Crippen molar-refractivity contribution in [2.24, 2.45) is 0 Å². The summed E-state index contributed by atoms with van der Waals surface area (Å²) in [6, 6.07) is 9.76. The van der Waals surface area contributed by atoms with Crippen molar-refractivity contribution in [2.45, 2.75) is 6.92 Å². The third kappa shape index (κ3) is 2.62. The number of aromatic amines is 1. The van der Waals surface area contributed by atoms with Crippen LogP contribution in [0.5, 0.6) is 11.5 Å². The third-order valence-electron chi connectivity index (χ3n) is 5.15. The number of pyridine rings is 2. The van der Waals surface area contributed by atoms with Crippen LogP contribution in [0.1, 0.15) is 5.56 Å². The fraction of sp³-hybridized carbons (Fsp3) is 0.136. The van der Waals surface area contributed by atoms with Crippen LogP contribution in [0, 0.1) is 6.92 Å². The Bertz CT molecular complexity index is 1170. The van der Waals surface area contributed by atoms with Gasteiger partial charge in [0.05, 0.1) is 37.4 Å². The van der Waals surface area contributed by atoms with Crippen molar-refractivity contribution in [3.63, 3.8) is 0 Å². The minimum Gasteiger partial charge on any atom is -0.496 e. The van der Waals surface area contributed by atoms with E-state index in [0.29, 0.717) is 0 Å². The summed E-state index contributed by atoms with van der Waals surface area (Å²) >= 11 is 0. The molecule has 1 aromatic carbocycles. The van der Waals surface area contributed by atoms with Gasteiger partial charge in [0.25, 0.3) is 0 Å². The van der Waals surface area contributed by atoms with Crippen LogP contribution in [-0.4, -0.2) is 34.2 Å². The second kappa shape index (κ2) is 6.63. The van der Waals surface area contributed by atoms with E-state index in [1.807, 2.05) is 37.3 Å². The monoisotopic (exact) mass is 385 g/mol. The van der Waals surface area contributed by atoms with E-state index >= 15 is 0 Å². The lowest BCUT2D eigenvalue weighted by Crippen LogP contribution is -1.97. The molecule has 2 N–H and O–H groups in total. The quantitative estimate of drug-likeness (QED) is 0.473. The maximum Gasteiger partial charge on any atom is 0.142 e. The number of nitrogens with zero attached hydrogens (tertiary/aromatic N) is 3. The largest absolute Gasteiger partial charge is 0.496 e. The molecule has 0 atom stereocenters. The molecule has 4 heterocycles. The standard InChI is InChI=1S/C22H19N5O2/c1-12-17(28-2)7-6-15(20(12)29-3)22-26-18-13-8-10-23-11-16(13)25-21-14(19(18)27-22)5-4-9-24-21/h4-11H,1-3H3,(H,24,25)(H,26,27). The average Bonchev–Trinajstić information content (AvgIpc) is 3.14. The molecule has 7 nitrogen and oxygen atoms in total. The van der Waals surface area contributed by atoms with Crippen LogP contribution in [0.4, 0.5) is 11.5 Å². The van der Waals surface area contributed by atoms with Crippen LogP contribution in [0.15, 0.2) is 48.9 Å². The molecule has 29 heavy (non-hydrogen) atoms. The first kappa shape index (κ1) is 17.2. The minimum absolute atomic E-state index is 0.720. The SMILES string of the molecule is COc1ccc(-c2nc3c([nH]2)-c2ccncc2Nc2ncccc2-3)c(OC)c1C. The van der Waals surface area contributed by atoms with E-state index in [1.54, 1.807) is 32.8 Å². The molecule has 0 aliphatic carbocycles. The number of fused-ring (bicyclic) bond motifs is 5. The molecule has 0 radical (unpaired) electrons. The van der Waals surface area contributed by atoms with Gasteiger partial charge in [-0.3, -0.25) is 4.98 Å². The van der Waals surface area contributed by atoms with Gasteiger partial charge in [-0.25, -0.2) is 9.97 Å². The number of H-pyrrole nitrogens is 1. The zero-order chi connectivity index (χ0) is 20.0. The van der Waals surface area contributed by atoms with Gasteiger partial charge < -0.3 is 19.8 Å². The maximum atomic E-state index is 5.69. The first-order chi connectivity index (χ1) is 14.2. The van der Waals surface area contributed by atoms with Crippen molar-refractivity contribution in [3.8, 4) is 45.4 Å². The van der Waals surface area contributed by atoms with Crippen LogP contribution in [-0.2, 0) is 0 Å². The number of benzene rings is 1. The summed E-state index contributed by atoms with van der Waals surface area (Å²) < 4.78 is 11.1. The zero-order valence-electron chi connectivity index (χ0n) is 16.3. The van der Waals surface area contributed by atoms with Crippen LogP contribution in [0.3, 0.4) is 0 Å². The summed E-state index contributed by atoms with van der Waals surface area (Å²) in [6.07, 6.45) is 5.32. The van der Waals surface area contributed by atoms with Crippen LogP contribution < -0.4 is 14.8 Å². The number of nitrogens with one attached hydrogen (secondary N) is 2. The van der Waals surface area contributed by atoms with Gasteiger partial charge >= 0.3 is 0 Å². The van der Waals surface area contributed by atoms with Crippen molar-refractivity contribution >= 4 is 11.5 Å². The second-order valence-corrected chi connectivity index (χ2v) is 6.73. The average molecular weight is 385 g/mol. The molecule has 0 amide bonds. The molecule has 0 fully saturated rings. The summed E-state index contributed by atoms with van der Waals surface area (Å²) in [4.78, 5) is 17.2. The molecule has 144 valence electrons. The molecule has 0 unspecified atom stereocenters. The zero-order valence-corrected chi connectivity index (χ0v) is 16.3. The molecule has 7 heteroatoms. The van der Waals surface area contributed by atoms with Crippen molar-refractivity contribution < 1.29 is 9.47 Å². The lowest BCUT2D eigenvalue weighted by atomic mass is 10.1. The molecule has 5 rings (SSSR count). The van der Waals surface area contributed by atoms with Crippen LogP contribution in [0.25, 0.3) is 33.9 Å². The molecule has 1 aliphatic heterocycles. The van der Waals surface area contributed by atoms with E-state index in [2.05, 4.69) is 20.3 Å². The normalized spacial score (nSPS) is 11.6.